The Morgan fingerprint density at radius 2 is 1.78 bits per heavy atom. The SMILES string of the molecule is COc1ccc(OC)c2sc(N(CCN(C)C)C(=O)C3CCCN3S(=O)(=O)c3ccc(Cl)cc3)nc12. The molecule has 4 rings (SSSR count). The summed E-state index contributed by atoms with van der Waals surface area (Å²) in [7, 11) is 3.09. The number of ether oxygens (including phenoxy) is 2. The molecule has 36 heavy (non-hydrogen) atoms. The Morgan fingerprint density at radius 3 is 2.42 bits per heavy atom. The van der Waals surface area contributed by atoms with E-state index in [9.17, 15) is 13.2 Å². The van der Waals surface area contributed by atoms with Crippen molar-refractivity contribution in [1.82, 2.24) is 14.2 Å². The number of carbonyl (C=O) groups is 1. The van der Waals surface area contributed by atoms with Gasteiger partial charge in [-0.25, -0.2) is 13.4 Å². The fraction of sp³-hybridized carbons (Fsp3) is 0.417. The molecule has 0 radical (unpaired) electrons. The van der Waals surface area contributed by atoms with Gasteiger partial charge in [-0.1, -0.05) is 22.9 Å². The molecule has 1 aromatic heterocycles. The van der Waals surface area contributed by atoms with Gasteiger partial charge in [0.15, 0.2) is 5.13 Å². The molecule has 2 aromatic carbocycles. The molecule has 2 heterocycles. The first-order valence-corrected chi connectivity index (χ1v) is 14.1. The number of benzene rings is 2. The molecule has 1 amide bonds. The lowest BCUT2D eigenvalue weighted by molar-refractivity contribution is -0.121. The van der Waals surface area contributed by atoms with Gasteiger partial charge >= 0.3 is 0 Å². The van der Waals surface area contributed by atoms with Crippen LogP contribution in [0.5, 0.6) is 11.5 Å². The van der Waals surface area contributed by atoms with E-state index in [1.165, 1.54) is 39.9 Å². The maximum atomic E-state index is 14.0. The second-order valence-corrected chi connectivity index (χ2v) is 12.0. The van der Waals surface area contributed by atoms with Gasteiger partial charge in [0.2, 0.25) is 15.9 Å². The van der Waals surface area contributed by atoms with E-state index in [1.54, 1.807) is 31.3 Å². The van der Waals surface area contributed by atoms with Crippen molar-refractivity contribution < 1.29 is 22.7 Å². The van der Waals surface area contributed by atoms with Crippen LogP contribution in [0.2, 0.25) is 5.02 Å². The quantitative estimate of drug-likeness (QED) is 0.399. The summed E-state index contributed by atoms with van der Waals surface area (Å²) >= 11 is 7.27. The van der Waals surface area contributed by atoms with Crippen molar-refractivity contribution in [3.8, 4) is 11.5 Å². The maximum absolute atomic E-state index is 14.0. The molecule has 9 nitrogen and oxygen atoms in total. The van der Waals surface area contributed by atoms with Crippen LogP contribution in [0, 0.1) is 0 Å². The zero-order valence-corrected chi connectivity index (χ0v) is 23.0. The Labute approximate surface area is 220 Å². The Bertz CT molecular complexity index is 1300. The molecule has 1 aliphatic rings. The lowest BCUT2D eigenvalue weighted by atomic mass is 10.2. The lowest BCUT2D eigenvalue weighted by Gasteiger charge is -2.29. The minimum atomic E-state index is -3.88. The summed E-state index contributed by atoms with van der Waals surface area (Å²) < 4.78 is 39.9. The molecule has 0 N–H and O–H groups in total. The fourth-order valence-electron chi connectivity index (χ4n) is 4.19. The number of hydrogen-bond donors (Lipinski definition) is 0. The number of halogens is 1. The third kappa shape index (κ3) is 5.16. The fourth-order valence-corrected chi connectivity index (χ4v) is 7.07. The van der Waals surface area contributed by atoms with Crippen LogP contribution in [0.4, 0.5) is 5.13 Å². The van der Waals surface area contributed by atoms with Gasteiger partial charge in [0.1, 0.15) is 27.8 Å². The highest BCUT2D eigenvalue weighted by Gasteiger charge is 2.42. The average molecular weight is 553 g/mol. The first kappa shape index (κ1) is 26.6. The van der Waals surface area contributed by atoms with Gasteiger partial charge in [-0.05, 0) is 63.3 Å². The topological polar surface area (TPSA) is 92.3 Å². The van der Waals surface area contributed by atoms with E-state index >= 15 is 0 Å². The minimum Gasteiger partial charge on any atom is -0.495 e. The van der Waals surface area contributed by atoms with Crippen LogP contribution in [-0.4, -0.2) is 82.5 Å². The number of methoxy groups -OCH3 is 2. The van der Waals surface area contributed by atoms with Crippen molar-refractivity contribution >= 4 is 54.2 Å². The van der Waals surface area contributed by atoms with Crippen LogP contribution in [-0.2, 0) is 14.8 Å². The van der Waals surface area contributed by atoms with Gasteiger partial charge in [-0.15, -0.1) is 0 Å². The van der Waals surface area contributed by atoms with Crippen LogP contribution in [0.25, 0.3) is 10.2 Å². The molecule has 0 bridgehead atoms. The van der Waals surface area contributed by atoms with Gasteiger partial charge in [0.05, 0.1) is 19.1 Å². The van der Waals surface area contributed by atoms with Crippen molar-refractivity contribution in [2.75, 3.05) is 52.8 Å². The van der Waals surface area contributed by atoms with Gasteiger partial charge in [0.25, 0.3) is 0 Å². The first-order chi connectivity index (χ1) is 17.2. The summed E-state index contributed by atoms with van der Waals surface area (Å²) in [5.41, 5.74) is 0.594. The summed E-state index contributed by atoms with van der Waals surface area (Å²) in [6.45, 7) is 1.19. The van der Waals surface area contributed by atoms with Crippen LogP contribution in [0.1, 0.15) is 12.8 Å². The van der Waals surface area contributed by atoms with Gasteiger partial charge in [0, 0.05) is 24.7 Å². The van der Waals surface area contributed by atoms with E-state index in [4.69, 9.17) is 26.1 Å². The summed E-state index contributed by atoms with van der Waals surface area (Å²) in [6, 6.07) is 8.74. The monoisotopic (exact) mass is 552 g/mol. The Hall–Kier alpha value is -2.44. The van der Waals surface area contributed by atoms with Crippen molar-refractivity contribution in [3.05, 3.63) is 41.4 Å². The Morgan fingerprint density at radius 1 is 1.11 bits per heavy atom. The summed E-state index contributed by atoms with van der Waals surface area (Å²) in [5, 5.41) is 0.912. The number of nitrogens with zero attached hydrogens (tertiary/aromatic N) is 4. The highest BCUT2D eigenvalue weighted by Crippen LogP contribution is 2.40. The zero-order chi connectivity index (χ0) is 26.0. The molecule has 1 saturated heterocycles. The molecular weight excluding hydrogens is 524 g/mol. The number of carbonyl (C=O) groups excluding carboxylic acids is 1. The molecule has 0 saturated carbocycles. The highest BCUT2D eigenvalue weighted by atomic mass is 35.5. The van der Waals surface area contributed by atoms with Gasteiger partial charge in [-0.3, -0.25) is 9.69 Å². The third-order valence-electron chi connectivity index (χ3n) is 6.08. The average Bonchev–Trinajstić information content (AvgIpc) is 3.52. The molecule has 3 aromatic rings. The number of amides is 1. The number of hydrogen-bond acceptors (Lipinski definition) is 8. The first-order valence-electron chi connectivity index (χ1n) is 11.4. The second-order valence-electron chi connectivity index (χ2n) is 8.67. The van der Waals surface area contributed by atoms with E-state index in [-0.39, 0.29) is 17.3 Å². The van der Waals surface area contributed by atoms with Crippen molar-refractivity contribution in [1.29, 1.82) is 0 Å². The minimum absolute atomic E-state index is 0.112. The van der Waals surface area contributed by atoms with Gasteiger partial charge < -0.3 is 14.4 Å². The number of rotatable bonds is 9. The number of likely N-dealkylation sites (N-methyl/N-ethyl adjacent to an activating group) is 1. The Kier molecular flexibility index (Phi) is 8.06. The zero-order valence-electron chi connectivity index (χ0n) is 20.6. The summed E-state index contributed by atoms with van der Waals surface area (Å²) in [4.78, 5) is 22.4. The predicted molar refractivity (Wildman–Crippen MR) is 142 cm³/mol. The standard InChI is InChI=1S/C24H29ClN4O5S2/c1-27(2)14-15-28(24-26-21-19(33-3)11-12-20(34-4)22(21)35-24)23(30)18-6-5-13-29(18)36(31,32)17-9-7-16(25)8-10-17/h7-12,18H,5-6,13-15H2,1-4H3. The van der Waals surface area contributed by atoms with Crippen molar-refractivity contribution in [2.45, 2.75) is 23.8 Å². The molecule has 0 aliphatic carbocycles. The summed E-state index contributed by atoms with van der Waals surface area (Å²) in [6.07, 6.45) is 1.02. The number of fused-ring (bicyclic) bond motifs is 1. The Balaban J connectivity index is 1.73. The number of anilines is 1. The van der Waals surface area contributed by atoms with Crippen LogP contribution >= 0.6 is 22.9 Å². The summed E-state index contributed by atoms with van der Waals surface area (Å²) in [5.74, 6) is 0.896. The molecule has 1 fully saturated rings. The number of thiazole rings is 1. The molecule has 194 valence electrons. The van der Waals surface area contributed by atoms with Gasteiger partial charge in [-0.2, -0.15) is 4.31 Å². The largest absolute Gasteiger partial charge is 0.495 e. The predicted octanol–water partition coefficient (Wildman–Crippen LogP) is 3.71. The molecule has 1 atom stereocenters. The van der Waals surface area contributed by atoms with E-state index in [2.05, 4.69) is 0 Å². The number of aromatic nitrogens is 1. The lowest BCUT2D eigenvalue weighted by Crippen LogP contribution is -2.49. The molecule has 1 unspecified atom stereocenters. The van der Waals surface area contributed by atoms with E-state index in [0.717, 1.165) is 4.70 Å². The maximum Gasteiger partial charge on any atom is 0.247 e. The van der Waals surface area contributed by atoms with Crippen LogP contribution in [0.15, 0.2) is 41.3 Å². The highest BCUT2D eigenvalue weighted by molar-refractivity contribution is 7.89. The normalized spacial score (nSPS) is 16.6. The van der Waals surface area contributed by atoms with E-state index in [0.29, 0.717) is 53.1 Å². The van der Waals surface area contributed by atoms with Crippen LogP contribution in [0.3, 0.4) is 0 Å². The molecule has 12 heteroatoms. The molecule has 0 spiro atoms. The molecular formula is C24H29ClN4O5S2. The van der Waals surface area contributed by atoms with Crippen LogP contribution < -0.4 is 14.4 Å². The third-order valence-corrected chi connectivity index (χ3v) is 9.34. The second kappa shape index (κ2) is 10.9. The number of sulfonamides is 1. The van der Waals surface area contributed by atoms with Crippen molar-refractivity contribution in [3.63, 3.8) is 0 Å². The van der Waals surface area contributed by atoms with E-state index in [1.807, 2.05) is 19.0 Å². The van der Waals surface area contributed by atoms with Crippen molar-refractivity contribution in [2.24, 2.45) is 0 Å². The molecule has 1 aliphatic heterocycles. The van der Waals surface area contributed by atoms with E-state index < -0.39 is 16.1 Å². The smallest absolute Gasteiger partial charge is 0.247 e.